The van der Waals surface area contributed by atoms with Crippen molar-refractivity contribution in [3.63, 3.8) is 0 Å². The highest BCUT2D eigenvalue weighted by molar-refractivity contribution is 5.94. The van der Waals surface area contributed by atoms with E-state index in [-0.39, 0.29) is 42.0 Å². The van der Waals surface area contributed by atoms with Crippen molar-refractivity contribution in [2.45, 2.75) is 51.0 Å². The van der Waals surface area contributed by atoms with Crippen molar-refractivity contribution in [3.8, 4) is 0 Å². The van der Waals surface area contributed by atoms with Gasteiger partial charge in [0.25, 0.3) is 5.91 Å². The van der Waals surface area contributed by atoms with Crippen LogP contribution in [-0.4, -0.2) is 56.4 Å². The number of rotatable bonds is 4. The van der Waals surface area contributed by atoms with Gasteiger partial charge in [-0.2, -0.15) is 0 Å². The first-order chi connectivity index (χ1) is 14.9. The maximum atomic E-state index is 13.4. The summed E-state index contributed by atoms with van der Waals surface area (Å²) in [6.45, 7) is 5.20. The molecule has 0 saturated carbocycles. The molecule has 2 N–H and O–H groups in total. The number of nitrogens with two attached hydrogens (primary N) is 1. The molecule has 0 radical (unpaired) electrons. The van der Waals surface area contributed by atoms with E-state index >= 15 is 0 Å². The molecule has 8 heteroatoms. The normalized spacial score (nSPS) is 27.1. The number of ether oxygens (including phenoxy) is 1. The quantitative estimate of drug-likeness (QED) is 0.812. The van der Waals surface area contributed by atoms with Crippen LogP contribution in [0.3, 0.4) is 0 Å². The molecular formula is C23H27N5O3. The van der Waals surface area contributed by atoms with Crippen molar-refractivity contribution in [1.29, 1.82) is 0 Å². The van der Waals surface area contributed by atoms with Gasteiger partial charge in [0.1, 0.15) is 11.8 Å². The summed E-state index contributed by atoms with van der Waals surface area (Å²) in [6.07, 6.45) is 1.40. The van der Waals surface area contributed by atoms with Gasteiger partial charge in [-0.3, -0.25) is 9.59 Å². The summed E-state index contributed by atoms with van der Waals surface area (Å²) in [6, 6.07) is 11.3. The van der Waals surface area contributed by atoms with E-state index in [9.17, 15) is 9.59 Å². The molecule has 1 aromatic heterocycles. The Balaban J connectivity index is 1.42. The maximum absolute atomic E-state index is 13.4. The molecule has 0 aliphatic carbocycles. The van der Waals surface area contributed by atoms with Crippen molar-refractivity contribution < 1.29 is 14.3 Å². The molecule has 1 spiro atoms. The molecule has 2 amide bonds. The zero-order valence-electron chi connectivity index (χ0n) is 17.8. The van der Waals surface area contributed by atoms with Crippen LogP contribution in [0.2, 0.25) is 0 Å². The molecule has 3 aliphatic heterocycles. The van der Waals surface area contributed by atoms with Crippen LogP contribution in [0.25, 0.3) is 0 Å². The van der Waals surface area contributed by atoms with E-state index in [0.717, 1.165) is 11.3 Å². The van der Waals surface area contributed by atoms with Crippen molar-refractivity contribution in [1.82, 2.24) is 19.8 Å². The smallest absolute Gasteiger partial charge is 0.273 e. The molecule has 3 fully saturated rings. The molecular weight excluding hydrogens is 394 g/mol. The lowest BCUT2D eigenvalue weighted by molar-refractivity contribution is -0.138. The van der Waals surface area contributed by atoms with Gasteiger partial charge >= 0.3 is 0 Å². The van der Waals surface area contributed by atoms with Crippen LogP contribution < -0.4 is 5.73 Å². The molecule has 31 heavy (non-hydrogen) atoms. The van der Waals surface area contributed by atoms with Gasteiger partial charge in [-0.25, -0.2) is 9.97 Å². The van der Waals surface area contributed by atoms with Crippen LogP contribution in [0, 0.1) is 5.92 Å². The Bertz CT molecular complexity index is 1030. The van der Waals surface area contributed by atoms with E-state index in [0.29, 0.717) is 31.8 Å². The molecule has 2 aromatic rings. The van der Waals surface area contributed by atoms with Gasteiger partial charge in [0.15, 0.2) is 5.72 Å². The molecule has 0 bridgehead atoms. The number of nitrogen functional groups attached to an aromatic ring is 1. The summed E-state index contributed by atoms with van der Waals surface area (Å²) in [5.74, 6) is 0.293. The summed E-state index contributed by atoms with van der Waals surface area (Å²) in [7, 11) is 0. The monoisotopic (exact) mass is 421 g/mol. The molecule has 3 aliphatic rings. The third-order valence-electron chi connectivity index (χ3n) is 6.49. The van der Waals surface area contributed by atoms with E-state index < -0.39 is 5.72 Å². The second-order valence-corrected chi connectivity index (χ2v) is 9.04. The van der Waals surface area contributed by atoms with Crippen LogP contribution in [-0.2, 0) is 16.0 Å². The summed E-state index contributed by atoms with van der Waals surface area (Å²) < 4.78 is 6.52. The van der Waals surface area contributed by atoms with Gasteiger partial charge < -0.3 is 20.3 Å². The van der Waals surface area contributed by atoms with Crippen LogP contribution in [0.15, 0.2) is 36.4 Å². The third kappa shape index (κ3) is 3.26. The predicted molar refractivity (Wildman–Crippen MR) is 114 cm³/mol. The molecule has 3 atom stereocenters. The maximum Gasteiger partial charge on any atom is 0.273 e. The Hall–Kier alpha value is -3.00. The van der Waals surface area contributed by atoms with Crippen molar-refractivity contribution in [2.75, 3.05) is 18.8 Å². The Labute approximate surface area is 181 Å². The van der Waals surface area contributed by atoms with E-state index in [2.05, 4.69) is 23.8 Å². The highest BCUT2D eigenvalue weighted by atomic mass is 16.5. The second kappa shape index (κ2) is 7.30. The van der Waals surface area contributed by atoms with Crippen LogP contribution in [0.5, 0.6) is 0 Å². The van der Waals surface area contributed by atoms with Gasteiger partial charge in [-0.15, -0.1) is 0 Å². The highest BCUT2D eigenvalue weighted by Gasteiger charge is 2.65. The molecule has 162 valence electrons. The number of hydrogen-bond acceptors (Lipinski definition) is 6. The molecule has 8 nitrogen and oxygen atoms in total. The Kier molecular flexibility index (Phi) is 4.69. The number of amides is 2. The largest absolute Gasteiger partial charge is 0.368 e. The van der Waals surface area contributed by atoms with E-state index in [1.807, 2.05) is 35.2 Å². The number of aromatic nitrogens is 2. The minimum atomic E-state index is -0.757. The Morgan fingerprint density at radius 3 is 2.81 bits per heavy atom. The second-order valence-electron chi connectivity index (χ2n) is 9.04. The highest BCUT2D eigenvalue weighted by Crippen LogP contribution is 2.50. The standard InChI is InChI=1S/C23H27N5O3/c1-14(2)10-16-11-17(26-22(24)25-16)21(30)27-9-8-23-19(27)12-20(29)28(23)13-18(31-23)15-6-4-3-5-7-15/h3-7,11,14,18-19H,8-10,12-13H2,1-2H3,(H2,24,25,26)/t18-,19+,23-/m0/s1. The number of nitrogens with zero attached hydrogens (tertiary/aromatic N) is 4. The first-order valence-corrected chi connectivity index (χ1v) is 10.8. The Morgan fingerprint density at radius 1 is 1.29 bits per heavy atom. The van der Waals surface area contributed by atoms with Crippen LogP contribution in [0.1, 0.15) is 54.5 Å². The van der Waals surface area contributed by atoms with E-state index in [4.69, 9.17) is 10.5 Å². The van der Waals surface area contributed by atoms with Crippen molar-refractivity contribution >= 4 is 17.8 Å². The van der Waals surface area contributed by atoms with Crippen molar-refractivity contribution in [3.05, 3.63) is 53.3 Å². The lowest BCUT2D eigenvalue weighted by Crippen LogP contribution is -2.48. The summed E-state index contributed by atoms with van der Waals surface area (Å²) >= 11 is 0. The third-order valence-corrected chi connectivity index (χ3v) is 6.49. The number of carbonyl (C=O) groups is 2. The van der Waals surface area contributed by atoms with Crippen LogP contribution >= 0.6 is 0 Å². The minimum Gasteiger partial charge on any atom is -0.368 e. The number of hydrogen-bond donors (Lipinski definition) is 1. The topological polar surface area (TPSA) is 102 Å². The average molecular weight is 422 g/mol. The minimum absolute atomic E-state index is 0.0311. The molecule has 0 unspecified atom stereocenters. The molecule has 5 rings (SSSR count). The van der Waals surface area contributed by atoms with Gasteiger partial charge in [-0.05, 0) is 24.0 Å². The van der Waals surface area contributed by atoms with Gasteiger partial charge in [-0.1, -0.05) is 44.2 Å². The van der Waals surface area contributed by atoms with Gasteiger partial charge in [0.05, 0.1) is 19.0 Å². The van der Waals surface area contributed by atoms with Crippen LogP contribution in [0.4, 0.5) is 5.95 Å². The first kappa shape index (κ1) is 19.9. The lowest BCUT2D eigenvalue weighted by atomic mass is 10.1. The fourth-order valence-corrected chi connectivity index (χ4v) is 5.21. The van der Waals surface area contributed by atoms with Crippen molar-refractivity contribution in [2.24, 2.45) is 5.92 Å². The number of likely N-dealkylation sites (tertiary alicyclic amines) is 1. The molecule has 3 saturated heterocycles. The number of anilines is 1. The van der Waals surface area contributed by atoms with E-state index in [1.165, 1.54) is 0 Å². The Morgan fingerprint density at radius 2 is 2.06 bits per heavy atom. The predicted octanol–water partition coefficient (Wildman–Crippen LogP) is 2.17. The zero-order valence-corrected chi connectivity index (χ0v) is 17.8. The van der Waals surface area contributed by atoms with Gasteiger partial charge in [0, 0.05) is 18.7 Å². The summed E-state index contributed by atoms with van der Waals surface area (Å²) in [5, 5.41) is 0. The fraction of sp³-hybridized carbons (Fsp3) is 0.478. The SMILES string of the molecule is CC(C)Cc1cc(C(=O)N2CC[C@@]34O[C@H](c5ccccc5)CN3C(=O)C[C@@H]24)nc(N)n1. The molecule has 1 aromatic carbocycles. The number of carbonyl (C=O) groups excluding carboxylic acids is 2. The number of benzene rings is 1. The van der Waals surface area contributed by atoms with Gasteiger partial charge in [0.2, 0.25) is 11.9 Å². The summed E-state index contributed by atoms with van der Waals surface area (Å²) in [5.41, 5.74) is 7.21. The average Bonchev–Trinajstić information content (AvgIpc) is 3.36. The van der Waals surface area contributed by atoms with E-state index in [1.54, 1.807) is 11.0 Å². The zero-order chi connectivity index (χ0) is 21.8. The first-order valence-electron chi connectivity index (χ1n) is 10.8. The lowest BCUT2D eigenvalue weighted by Gasteiger charge is -2.31. The summed E-state index contributed by atoms with van der Waals surface area (Å²) in [4.78, 5) is 38.3. The fourth-order valence-electron chi connectivity index (χ4n) is 5.21. The molecule has 4 heterocycles.